The lowest BCUT2D eigenvalue weighted by atomic mass is 9.65. The van der Waals surface area contributed by atoms with Gasteiger partial charge in [-0.15, -0.1) is 24.9 Å². The van der Waals surface area contributed by atoms with E-state index in [9.17, 15) is 19.5 Å². The van der Waals surface area contributed by atoms with Crippen LogP contribution in [0.15, 0.2) is 43.5 Å². The molecule has 3 aliphatic rings. The lowest BCUT2D eigenvalue weighted by molar-refractivity contribution is -0.143. The molecule has 3 saturated heterocycles. The van der Waals surface area contributed by atoms with Gasteiger partial charge in [0, 0.05) is 38.5 Å². The van der Waals surface area contributed by atoms with Crippen molar-refractivity contribution in [3.8, 4) is 0 Å². The Bertz CT molecular complexity index is 1090. The maximum absolute atomic E-state index is 14.6. The third-order valence-electron chi connectivity index (χ3n) is 8.14. The fourth-order valence-corrected chi connectivity index (χ4v) is 9.37. The summed E-state index contributed by atoms with van der Waals surface area (Å²) in [6, 6.07) is 4.71. The molecule has 0 aromatic heterocycles. The smallest absolute Gasteiger partial charge is 0.251 e. The van der Waals surface area contributed by atoms with Crippen LogP contribution < -0.4 is 4.90 Å². The molecular formula is C28H36ClN3O4S. The van der Waals surface area contributed by atoms with Gasteiger partial charge in [0.2, 0.25) is 11.8 Å². The van der Waals surface area contributed by atoms with Crippen molar-refractivity contribution in [1.29, 1.82) is 0 Å². The first-order valence-electron chi connectivity index (χ1n) is 12.8. The molecule has 200 valence electrons. The predicted molar refractivity (Wildman–Crippen MR) is 149 cm³/mol. The standard InChI is InChI=1S/C28H36ClN3O4S/c1-6-12-30(5)25(34)21-20-16-18(4)28(37-20)22(21)26(35)32(14-9-15-33)24(28)27(36)31(13-7-2)23-17(3)10-8-11-19(23)29/h6-8,10-11,18,20-22,24,33H,1-2,9,12-16H2,3-5H3/t18?,20-,21+,22-,24?,28?/m0/s1. The highest BCUT2D eigenvalue weighted by atomic mass is 35.5. The maximum Gasteiger partial charge on any atom is 0.251 e. The Morgan fingerprint density at radius 2 is 1.97 bits per heavy atom. The number of carbonyl (C=O) groups excluding carboxylic acids is 3. The summed E-state index contributed by atoms with van der Waals surface area (Å²) in [5.74, 6) is -1.52. The highest BCUT2D eigenvalue weighted by Crippen LogP contribution is 2.69. The van der Waals surface area contributed by atoms with Crippen molar-refractivity contribution in [3.63, 3.8) is 0 Å². The molecule has 3 amide bonds. The average molecular weight is 546 g/mol. The number of thioether (sulfide) groups is 1. The van der Waals surface area contributed by atoms with E-state index in [1.807, 2.05) is 19.1 Å². The van der Waals surface area contributed by atoms with Gasteiger partial charge in [-0.2, -0.15) is 0 Å². The lowest BCUT2D eigenvalue weighted by Crippen LogP contribution is -2.57. The number of amides is 3. The van der Waals surface area contributed by atoms with Gasteiger partial charge in [0.25, 0.3) is 5.91 Å². The summed E-state index contributed by atoms with van der Waals surface area (Å²) in [5, 5.41) is 10.0. The number of fused-ring (bicyclic) bond motifs is 1. The van der Waals surface area contributed by atoms with Gasteiger partial charge in [-0.3, -0.25) is 14.4 Å². The number of para-hydroxylation sites is 1. The molecule has 9 heteroatoms. The van der Waals surface area contributed by atoms with Gasteiger partial charge in [0.15, 0.2) is 0 Å². The van der Waals surface area contributed by atoms with E-state index in [1.165, 1.54) is 0 Å². The molecule has 4 rings (SSSR count). The number of halogens is 1. The zero-order chi connectivity index (χ0) is 27.1. The van der Waals surface area contributed by atoms with Gasteiger partial charge in [-0.25, -0.2) is 0 Å². The van der Waals surface area contributed by atoms with E-state index in [1.54, 1.807) is 51.7 Å². The molecule has 1 spiro atoms. The molecule has 3 fully saturated rings. The summed E-state index contributed by atoms with van der Waals surface area (Å²) in [6.45, 7) is 12.4. The normalized spacial score (nSPS) is 29.8. The zero-order valence-electron chi connectivity index (χ0n) is 21.7. The molecular weight excluding hydrogens is 510 g/mol. The maximum atomic E-state index is 14.6. The molecule has 6 atom stereocenters. The molecule has 37 heavy (non-hydrogen) atoms. The van der Waals surface area contributed by atoms with E-state index in [0.717, 1.165) is 12.0 Å². The van der Waals surface area contributed by atoms with Gasteiger partial charge in [0.05, 0.1) is 27.3 Å². The van der Waals surface area contributed by atoms with Crippen LogP contribution in [0.4, 0.5) is 5.69 Å². The highest BCUT2D eigenvalue weighted by Gasteiger charge is 2.76. The van der Waals surface area contributed by atoms with Crippen molar-refractivity contribution in [2.75, 3.05) is 38.2 Å². The lowest BCUT2D eigenvalue weighted by Gasteiger charge is -2.41. The number of benzene rings is 1. The molecule has 3 heterocycles. The number of anilines is 1. The van der Waals surface area contributed by atoms with E-state index >= 15 is 0 Å². The number of aliphatic hydroxyl groups is 1. The molecule has 7 nitrogen and oxygen atoms in total. The second-order valence-electron chi connectivity index (χ2n) is 10.3. The average Bonchev–Trinajstić information content (AvgIpc) is 3.45. The molecule has 2 bridgehead atoms. The Kier molecular flexibility index (Phi) is 8.12. The highest BCUT2D eigenvalue weighted by molar-refractivity contribution is 8.02. The van der Waals surface area contributed by atoms with E-state index in [0.29, 0.717) is 23.7 Å². The summed E-state index contributed by atoms with van der Waals surface area (Å²) in [7, 11) is 1.73. The van der Waals surface area contributed by atoms with Crippen LogP contribution in [-0.4, -0.2) is 82.0 Å². The van der Waals surface area contributed by atoms with Crippen LogP contribution >= 0.6 is 23.4 Å². The second-order valence-corrected chi connectivity index (χ2v) is 12.3. The first kappa shape index (κ1) is 27.7. The number of rotatable bonds is 10. The fraction of sp³-hybridized carbons (Fsp3) is 0.536. The van der Waals surface area contributed by atoms with Gasteiger partial charge in [0.1, 0.15) is 6.04 Å². The molecule has 1 N–H and O–H groups in total. The van der Waals surface area contributed by atoms with Crippen LogP contribution in [0.5, 0.6) is 0 Å². The van der Waals surface area contributed by atoms with Crippen LogP contribution in [0, 0.1) is 24.7 Å². The van der Waals surface area contributed by atoms with Crippen molar-refractivity contribution < 1.29 is 19.5 Å². The molecule has 0 radical (unpaired) electrons. The van der Waals surface area contributed by atoms with Gasteiger partial charge < -0.3 is 19.8 Å². The minimum absolute atomic E-state index is 0.0334. The molecule has 3 aliphatic heterocycles. The monoisotopic (exact) mass is 545 g/mol. The van der Waals surface area contributed by atoms with Gasteiger partial charge in [-0.05, 0) is 37.3 Å². The van der Waals surface area contributed by atoms with Crippen LogP contribution in [-0.2, 0) is 14.4 Å². The van der Waals surface area contributed by atoms with Gasteiger partial charge >= 0.3 is 0 Å². The van der Waals surface area contributed by atoms with Crippen molar-refractivity contribution >= 4 is 46.8 Å². The Morgan fingerprint density at radius 3 is 2.59 bits per heavy atom. The van der Waals surface area contributed by atoms with Crippen molar-refractivity contribution in [2.24, 2.45) is 17.8 Å². The van der Waals surface area contributed by atoms with Crippen LogP contribution in [0.3, 0.4) is 0 Å². The van der Waals surface area contributed by atoms with Gasteiger partial charge in [-0.1, -0.05) is 42.8 Å². The summed E-state index contributed by atoms with van der Waals surface area (Å²) in [6.07, 6.45) is 4.44. The largest absolute Gasteiger partial charge is 0.396 e. The predicted octanol–water partition coefficient (Wildman–Crippen LogP) is 3.53. The van der Waals surface area contributed by atoms with E-state index in [4.69, 9.17) is 11.6 Å². The Labute approximate surface area is 228 Å². The Hall–Kier alpha value is -2.29. The Balaban J connectivity index is 1.83. The van der Waals surface area contributed by atoms with Crippen molar-refractivity contribution in [3.05, 3.63) is 54.1 Å². The van der Waals surface area contributed by atoms with E-state index < -0.39 is 22.6 Å². The first-order chi connectivity index (χ1) is 17.6. The summed E-state index contributed by atoms with van der Waals surface area (Å²) >= 11 is 8.24. The molecule has 0 aliphatic carbocycles. The van der Waals surface area contributed by atoms with E-state index in [-0.39, 0.29) is 48.6 Å². The molecule has 1 aromatic rings. The molecule has 1 aromatic carbocycles. The third-order valence-corrected chi connectivity index (χ3v) is 10.5. The minimum atomic E-state index is -0.778. The van der Waals surface area contributed by atoms with Crippen LogP contribution in [0.1, 0.15) is 25.3 Å². The summed E-state index contributed by atoms with van der Waals surface area (Å²) < 4.78 is -0.738. The number of carbonyl (C=O) groups is 3. The van der Waals surface area contributed by atoms with Crippen molar-refractivity contribution in [1.82, 2.24) is 9.80 Å². The van der Waals surface area contributed by atoms with Crippen LogP contribution in [0.2, 0.25) is 5.02 Å². The first-order valence-corrected chi connectivity index (χ1v) is 14.0. The van der Waals surface area contributed by atoms with Crippen LogP contribution in [0.25, 0.3) is 0 Å². The zero-order valence-corrected chi connectivity index (χ0v) is 23.3. The number of nitrogens with zero attached hydrogens (tertiary/aromatic N) is 3. The summed E-state index contributed by atoms with van der Waals surface area (Å²) in [5.41, 5.74) is 1.45. The quantitative estimate of drug-likeness (QED) is 0.455. The number of likely N-dealkylation sites (N-methyl/N-ethyl adjacent to an activating group) is 1. The minimum Gasteiger partial charge on any atom is -0.396 e. The third kappa shape index (κ3) is 4.31. The van der Waals surface area contributed by atoms with E-state index in [2.05, 4.69) is 20.1 Å². The number of likely N-dealkylation sites (tertiary alicyclic amines) is 1. The SMILES string of the molecule is C=CCN(C)C(=O)[C@@H]1[C@@H]2CC(C)C3(S2)C(C(=O)N(CC=C)c2c(C)cccc2Cl)N(CCCO)C(=O)[C@H]13. The fourth-order valence-electron chi connectivity index (χ4n) is 6.63. The molecule has 3 unspecified atom stereocenters. The number of aliphatic hydroxyl groups excluding tert-OH is 1. The number of hydrogen-bond donors (Lipinski definition) is 1. The second kappa shape index (κ2) is 10.8. The molecule has 0 saturated carbocycles. The number of hydrogen-bond acceptors (Lipinski definition) is 5. The Morgan fingerprint density at radius 1 is 1.27 bits per heavy atom. The van der Waals surface area contributed by atoms with Crippen molar-refractivity contribution in [2.45, 2.75) is 42.7 Å². The topological polar surface area (TPSA) is 81.2 Å². The number of aryl methyl sites for hydroxylation is 1. The summed E-state index contributed by atoms with van der Waals surface area (Å²) in [4.78, 5) is 47.2.